The normalized spacial score (nSPS) is 20.6. The molecule has 1 saturated heterocycles. The molecule has 1 unspecified atom stereocenters. The van der Waals surface area contributed by atoms with Crippen molar-refractivity contribution in [2.75, 3.05) is 19.6 Å². The third-order valence-electron chi connectivity index (χ3n) is 2.48. The monoisotopic (exact) mass is 195 g/mol. The van der Waals surface area contributed by atoms with Crippen LogP contribution >= 0.6 is 0 Å². The van der Waals surface area contributed by atoms with Gasteiger partial charge in [0.15, 0.2) is 0 Å². The lowest BCUT2D eigenvalue weighted by molar-refractivity contribution is 0.192. The summed E-state index contributed by atoms with van der Waals surface area (Å²) in [4.78, 5) is 13.4. The zero-order valence-corrected chi connectivity index (χ0v) is 8.33. The molecule has 1 aliphatic rings. The number of urea groups is 1. The maximum atomic E-state index is 11.6. The first-order valence-electron chi connectivity index (χ1n) is 4.97. The number of rotatable bonds is 3. The highest BCUT2D eigenvalue weighted by Gasteiger charge is 2.27. The van der Waals surface area contributed by atoms with Gasteiger partial charge in [-0.3, -0.25) is 0 Å². The van der Waals surface area contributed by atoms with Crippen molar-refractivity contribution in [1.29, 1.82) is 0 Å². The van der Waals surface area contributed by atoms with Gasteiger partial charge in [0.05, 0.1) is 6.54 Å². The number of terminal acetylenes is 1. The van der Waals surface area contributed by atoms with E-state index < -0.39 is 0 Å². The van der Waals surface area contributed by atoms with E-state index in [0.717, 1.165) is 25.8 Å². The Morgan fingerprint density at radius 2 is 2.50 bits per heavy atom. The molecule has 0 aliphatic carbocycles. The van der Waals surface area contributed by atoms with Crippen molar-refractivity contribution in [1.82, 2.24) is 10.2 Å². The molecule has 2 amide bonds. The Morgan fingerprint density at radius 1 is 1.71 bits per heavy atom. The topological polar surface area (TPSA) is 58.4 Å². The van der Waals surface area contributed by atoms with Crippen molar-refractivity contribution in [3.8, 4) is 12.3 Å². The zero-order valence-electron chi connectivity index (χ0n) is 8.33. The lowest BCUT2D eigenvalue weighted by atomic mass is 10.1. The highest BCUT2D eigenvalue weighted by atomic mass is 16.2. The summed E-state index contributed by atoms with van der Waals surface area (Å²) in [6, 6.07) is 0.247. The largest absolute Gasteiger partial charge is 0.330 e. The standard InChI is InChI=1S/C10H17N3O/c1-2-7-12-10(14)13-8-3-4-9(13)5-6-11/h1,9H,3-8,11H2,(H,12,14). The summed E-state index contributed by atoms with van der Waals surface area (Å²) in [6.07, 6.45) is 8.06. The summed E-state index contributed by atoms with van der Waals surface area (Å²) in [5.41, 5.74) is 5.48. The van der Waals surface area contributed by atoms with E-state index in [1.807, 2.05) is 4.90 Å². The number of hydrogen-bond donors (Lipinski definition) is 2. The summed E-state index contributed by atoms with van der Waals surface area (Å²) in [5.74, 6) is 2.39. The van der Waals surface area contributed by atoms with E-state index in [-0.39, 0.29) is 6.03 Å². The smallest absolute Gasteiger partial charge is 0.318 e. The molecule has 0 saturated carbocycles. The lowest BCUT2D eigenvalue weighted by Crippen LogP contribution is -2.43. The van der Waals surface area contributed by atoms with E-state index in [1.165, 1.54) is 0 Å². The highest BCUT2D eigenvalue weighted by molar-refractivity contribution is 5.75. The van der Waals surface area contributed by atoms with Crippen LogP contribution in [0.5, 0.6) is 0 Å². The van der Waals surface area contributed by atoms with Gasteiger partial charge in [0.2, 0.25) is 0 Å². The number of carbonyl (C=O) groups is 1. The number of amides is 2. The van der Waals surface area contributed by atoms with Crippen LogP contribution in [0.3, 0.4) is 0 Å². The average molecular weight is 195 g/mol. The van der Waals surface area contributed by atoms with E-state index in [0.29, 0.717) is 19.1 Å². The molecule has 1 heterocycles. The van der Waals surface area contributed by atoms with Crippen LogP contribution in [-0.2, 0) is 0 Å². The van der Waals surface area contributed by atoms with Crippen LogP contribution in [0.4, 0.5) is 4.79 Å². The van der Waals surface area contributed by atoms with E-state index in [9.17, 15) is 4.79 Å². The maximum Gasteiger partial charge on any atom is 0.318 e. The molecule has 0 bridgehead atoms. The van der Waals surface area contributed by atoms with Gasteiger partial charge in [-0.15, -0.1) is 6.42 Å². The average Bonchev–Trinajstić information content (AvgIpc) is 2.63. The third kappa shape index (κ3) is 2.64. The first-order chi connectivity index (χ1) is 6.79. The van der Waals surface area contributed by atoms with E-state index >= 15 is 0 Å². The molecule has 0 aromatic heterocycles. The summed E-state index contributed by atoms with van der Waals surface area (Å²) < 4.78 is 0. The quantitative estimate of drug-likeness (QED) is 0.629. The summed E-state index contributed by atoms with van der Waals surface area (Å²) >= 11 is 0. The predicted molar refractivity (Wildman–Crippen MR) is 55.6 cm³/mol. The molecular weight excluding hydrogens is 178 g/mol. The summed E-state index contributed by atoms with van der Waals surface area (Å²) in [7, 11) is 0. The molecule has 0 spiro atoms. The molecule has 14 heavy (non-hydrogen) atoms. The van der Waals surface area contributed by atoms with Crippen LogP contribution in [-0.4, -0.2) is 36.6 Å². The van der Waals surface area contributed by atoms with Crippen LogP contribution < -0.4 is 11.1 Å². The van der Waals surface area contributed by atoms with E-state index in [4.69, 9.17) is 12.2 Å². The molecule has 78 valence electrons. The number of hydrogen-bond acceptors (Lipinski definition) is 2. The molecule has 4 heteroatoms. The van der Waals surface area contributed by atoms with Gasteiger partial charge >= 0.3 is 6.03 Å². The Balaban J connectivity index is 2.41. The third-order valence-corrected chi connectivity index (χ3v) is 2.48. The van der Waals surface area contributed by atoms with E-state index in [2.05, 4.69) is 11.2 Å². The Morgan fingerprint density at radius 3 is 3.14 bits per heavy atom. The molecule has 0 aromatic rings. The number of carbonyl (C=O) groups excluding carboxylic acids is 1. The van der Waals surface area contributed by atoms with Gasteiger partial charge in [0, 0.05) is 12.6 Å². The van der Waals surface area contributed by atoms with Gasteiger partial charge in [-0.25, -0.2) is 4.79 Å². The number of likely N-dealkylation sites (tertiary alicyclic amines) is 1. The predicted octanol–water partition coefficient (Wildman–Crippen LogP) is 0.142. The van der Waals surface area contributed by atoms with Crippen LogP contribution in [0.1, 0.15) is 19.3 Å². The van der Waals surface area contributed by atoms with Crippen molar-refractivity contribution in [2.24, 2.45) is 5.73 Å². The van der Waals surface area contributed by atoms with Crippen molar-refractivity contribution >= 4 is 6.03 Å². The van der Waals surface area contributed by atoms with Crippen molar-refractivity contribution in [3.63, 3.8) is 0 Å². The van der Waals surface area contributed by atoms with Crippen LogP contribution in [0, 0.1) is 12.3 Å². The Kier molecular flexibility index (Phi) is 4.27. The molecule has 3 N–H and O–H groups in total. The summed E-state index contributed by atoms with van der Waals surface area (Å²) in [6.45, 7) is 1.75. The second-order valence-electron chi connectivity index (χ2n) is 3.43. The molecule has 1 rings (SSSR count). The second-order valence-corrected chi connectivity index (χ2v) is 3.43. The van der Waals surface area contributed by atoms with Crippen LogP contribution in [0.25, 0.3) is 0 Å². The highest BCUT2D eigenvalue weighted by Crippen LogP contribution is 2.19. The Labute approximate surface area is 84.8 Å². The Hall–Kier alpha value is -1.21. The van der Waals surface area contributed by atoms with Crippen molar-refractivity contribution in [3.05, 3.63) is 0 Å². The Bertz CT molecular complexity index is 234. The minimum atomic E-state index is -0.0566. The van der Waals surface area contributed by atoms with Crippen LogP contribution in [0.2, 0.25) is 0 Å². The zero-order chi connectivity index (χ0) is 10.4. The van der Waals surface area contributed by atoms with Gasteiger partial charge in [-0.05, 0) is 25.8 Å². The minimum Gasteiger partial charge on any atom is -0.330 e. The molecule has 4 nitrogen and oxygen atoms in total. The van der Waals surface area contributed by atoms with Crippen molar-refractivity contribution < 1.29 is 4.79 Å². The second kappa shape index (κ2) is 5.51. The fourth-order valence-corrected chi connectivity index (χ4v) is 1.82. The van der Waals surface area contributed by atoms with Gasteiger partial charge in [0.25, 0.3) is 0 Å². The van der Waals surface area contributed by atoms with Gasteiger partial charge in [-0.1, -0.05) is 5.92 Å². The SMILES string of the molecule is C#CCNC(=O)N1CCCC1CCN. The first-order valence-corrected chi connectivity index (χ1v) is 4.97. The van der Waals surface area contributed by atoms with Gasteiger partial charge < -0.3 is 16.0 Å². The maximum absolute atomic E-state index is 11.6. The lowest BCUT2D eigenvalue weighted by Gasteiger charge is -2.24. The fourth-order valence-electron chi connectivity index (χ4n) is 1.82. The first kappa shape index (κ1) is 10.9. The van der Waals surface area contributed by atoms with Gasteiger partial charge in [0.1, 0.15) is 0 Å². The molecule has 1 fully saturated rings. The molecular formula is C10H17N3O. The number of nitrogens with zero attached hydrogens (tertiary/aromatic N) is 1. The minimum absolute atomic E-state index is 0.0566. The number of nitrogens with two attached hydrogens (primary N) is 1. The van der Waals surface area contributed by atoms with Crippen LogP contribution in [0.15, 0.2) is 0 Å². The van der Waals surface area contributed by atoms with Gasteiger partial charge in [-0.2, -0.15) is 0 Å². The van der Waals surface area contributed by atoms with E-state index in [1.54, 1.807) is 0 Å². The molecule has 0 aromatic carbocycles. The summed E-state index contributed by atoms with van der Waals surface area (Å²) in [5, 5.41) is 2.67. The molecule has 0 radical (unpaired) electrons. The van der Waals surface area contributed by atoms with Crippen molar-refractivity contribution in [2.45, 2.75) is 25.3 Å². The molecule has 1 aliphatic heterocycles. The molecule has 1 atom stereocenters. The number of nitrogens with one attached hydrogen (secondary N) is 1. The fraction of sp³-hybridized carbons (Fsp3) is 0.700.